The molecule has 1 fully saturated rings. The van der Waals surface area contributed by atoms with Gasteiger partial charge in [0.2, 0.25) is 0 Å². The average Bonchev–Trinajstić information content (AvgIpc) is 3.17. The third kappa shape index (κ3) is 3.99. The lowest BCUT2D eigenvalue weighted by molar-refractivity contribution is -0.141. The molecule has 1 atom stereocenters. The highest BCUT2D eigenvalue weighted by Crippen LogP contribution is 2.52. The first kappa shape index (κ1) is 15.9. The van der Waals surface area contributed by atoms with Crippen LogP contribution in [0.1, 0.15) is 37.8 Å². The average molecular weight is 358 g/mol. The van der Waals surface area contributed by atoms with Crippen molar-refractivity contribution in [3.05, 3.63) is 28.2 Å². The van der Waals surface area contributed by atoms with Crippen LogP contribution in [0.5, 0.6) is 0 Å². The Morgan fingerprint density at radius 3 is 2.80 bits per heavy atom. The minimum Gasteiger partial charge on any atom is -0.469 e. The summed E-state index contributed by atoms with van der Waals surface area (Å²) in [4.78, 5) is 12.6. The summed E-state index contributed by atoms with van der Waals surface area (Å²) in [5.41, 5.74) is 7.32. The highest BCUT2D eigenvalue weighted by molar-refractivity contribution is 9.10. The molecule has 5 heteroatoms. The summed E-state index contributed by atoms with van der Waals surface area (Å²) in [5.74, 6) is 0.843. The van der Waals surface area contributed by atoms with E-state index in [2.05, 4.69) is 28.1 Å². The van der Waals surface area contributed by atoms with Crippen molar-refractivity contribution in [3.8, 4) is 0 Å². The molecule has 0 bridgehead atoms. The first-order valence-electron chi connectivity index (χ1n) is 6.70. The summed E-state index contributed by atoms with van der Waals surface area (Å²) in [6, 6.07) is 6.22. The van der Waals surface area contributed by atoms with Crippen LogP contribution in [0.25, 0.3) is 0 Å². The second-order valence-corrected chi connectivity index (χ2v) is 7.45. The summed E-state index contributed by atoms with van der Waals surface area (Å²) < 4.78 is 5.83. The lowest BCUT2D eigenvalue weighted by Gasteiger charge is -2.17. The van der Waals surface area contributed by atoms with Crippen molar-refractivity contribution in [1.29, 1.82) is 0 Å². The molecule has 0 spiro atoms. The van der Waals surface area contributed by atoms with E-state index in [4.69, 9.17) is 10.5 Å². The van der Waals surface area contributed by atoms with Crippen LogP contribution in [0.3, 0.4) is 0 Å². The van der Waals surface area contributed by atoms with Gasteiger partial charge in [-0.25, -0.2) is 0 Å². The number of benzene rings is 1. The fourth-order valence-corrected chi connectivity index (χ4v) is 3.97. The van der Waals surface area contributed by atoms with Crippen molar-refractivity contribution in [1.82, 2.24) is 0 Å². The van der Waals surface area contributed by atoms with E-state index in [-0.39, 0.29) is 17.4 Å². The van der Waals surface area contributed by atoms with E-state index in [0.717, 1.165) is 28.6 Å². The lowest BCUT2D eigenvalue weighted by atomic mass is 10.1. The van der Waals surface area contributed by atoms with Crippen molar-refractivity contribution in [2.45, 2.75) is 37.1 Å². The number of rotatable bonds is 6. The smallest absolute Gasteiger partial charge is 0.306 e. The molecule has 0 radical (unpaired) electrons. The Kier molecular flexibility index (Phi) is 5.15. The number of hydrogen-bond donors (Lipinski definition) is 1. The Balaban J connectivity index is 2.02. The third-order valence-corrected chi connectivity index (χ3v) is 5.63. The van der Waals surface area contributed by atoms with Crippen molar-refractivity contribution in [2.75, 3.05) is 12.9 Å². The molecule has 1 aromatic carbocycles. The molecule has 1 saturated carbocycles. The van der Waals surface area contributed by atoms with Gasteiger partial charge >= 0.3 is 5.97 Å². The molecule has 3 nitrogen and oxygen atoms in total. The van der Waals surface area contributed by atoms with Crippen LogP contribution in [-0.4, -0.2) is 18.8 Å². The summed E-state index contributed by atoms with van der Waals surface area (Å²) in [6.45, 7) is 1.99. The Morgan fingerprint density at radius 2 is 2.25 bits per heavy atom. The number of carbonyl (C=O) groups excluding carboxylic acids is 1. The van der Waals surface area contributed by atoms with Crippen LogP contribution in [-0.2, 0) is 9.53 Å². The van der Waals surface area contributed by atoms with E-state index < -0.39 is 0 Å². The number of thioether (sulfide) groups is 1. The summed E-state index contributed by atoms with van der Waals surface area (Å²) >= 11 is 5.28. The van der Waals surface area contributed by atoms with Crippen LogP contribution < -0.4 is 5.73 Å². The molecule has 0 heterocycles. The first-order chi connectivity index (χ1) is 9.46. The fourth-order valence-electron chi connectivity index (χ4n) is 2.16. The predicted molar refractivity (Wildman–Crippen MR) is 85.8 cm³/mol. The summed E-state index contributed by atoms with van der Waals surface area (Å²) in [7, 11) is 1.45. The van der Waals surface area contributed by atoms with Crippen LogP contribution in [0.4, 0.5) is 0 Å². The second-order valence-electron chi connectivity index (χ2n) is 5.51. The molecular weight excluding hydrogens is 338 g/mol. The maximum atomic E-state index is 11.4. The first-order valence-corrected chi connectivity index (χ1v) is 8.48. The molecule has 110 valence electrons. The minimum atomic E-state index is -0.105. The molecular formula is C15H20BrNO2S. The molecule has 1 unspecified atom stereocenters. The zero-order chi connectivity index (χ0) is 14.8. The highest BCUT2D eigenvalue weighted by Gasteiger charge is 2.44. The topological polar surface area (TPSA) is 52.3 Å². The van der Waals surface area contributed by atoms with Gasteiger partial charge in [0.25, 0.3) is 0 Å². The SMILES string of the molecule is COC(=O)CC1(CSc2ccc(Br)cc2C(C)N)CC1. The van der Waals surface area contributed by atoms with Gasteiger partial charge < -0.3 is 10.5 Å². The Labute approximate surface area is 132 Å². The van der Waals surface area contributed by atoms with Gasteiger partial charge in [-0.05, 0) is 48.9 Å². The maximum Gasteiger partial charge on any atom is 0.306 e. The molecule has 1 aliphatic carbocycles. The van der Waals surface area contributed by atoms with E-state index in [0.29, 0.717) is 6.42 Å². The zero-order valence-corrected chi connectivity index (χ0v) is 14.2. The number of nitrogens with two attached hydrogens (primary N) is 1. The Morgan fingerprint density at radius 1 is 1.55 bits per heavy atom. The van der Waals surface area contributed by atoms with Crippen molar-refractivity contribution >= 4 is 33.7 Å². The highest BCUT2D eigenvalue weighted by atomic mass is 79.9. The lowest BCUT2D eigenvalue weighted by Crippen LogP contribution is -2.13. The van der Waals surface area contributed by atoms with Crippen LogP contribution in [0.2, 0.25) is 0 Å². The van der Waals surface area contributed by atoms with Gasteiger partial charge in [0, 0.05) is 21.2 Å². The largest absolute Gasteiger partial charge is 0.469 e. The molecule has 0 aliphatic heterocycles. The zero-order valence-electron chi connectivity index (χ0n) is 11.8. The van der Waals surface area contributed by atoms with Crippen molar-refractivity contribution < 1.29 is 9.53 Å². The van der Waals surface area contributed by atoms with E-state index in [1.54, 1.807) is 11.8 Å². The number of carbonyl (C=O) groups is 1. The Bertz CT molecular complexity index is 501. The quantitative estimate of drug-likeness (QED) is 0.619. The molecule has 0 amide bonds. The molecule has 0 saturated heterocycles. The van der Waals surface area contributed by atoms with Gasteiger partial charge in [0.05, 0.1) is 13.5 Å². The van der Waals surface area contributed by atoms with Gasteiger partial charge in [-0.3, -0.25) is 4.79 Å². The van der Waals surface area contributed by atoms with Gasteiger partial charge in [0.1, 0.15) is 0 Å². The summed E-state index contributed by atoms with van der Waals surface area (Å²) in [6.07, 6.45) is 2.75. The van der Waals surface area contributed by atoms with Crippen LogP contribution >= 0.6 is 27.7 Å². The number of halogens is 1. The molecule has 1 aromatic rings. The second kappa shape index (κ2) is 6.50. The van der Waals surface area contributed by atoms with Gasteiger partial charge in [-0.2, -0.15) is 0 Å². The van der Waals surface area contributed by atoms with E-state index in [1.165, 1.54) is 12.0 Å². The fraction of sp³-hybridized carbons (Fsp3) is 0.533. The normalized spacial score (nSPS) is 17.6. The Hall–Kier alpha value is -0.520. The summed E-state index contributed by atoms with van der Waals surface area (Å²) in [5, 5.41) is 0. The molecule has 20 heavy (non-hydrogen) atoms. The van der Waals surface area contributed by atoms with Crippen molar-refractivity contribution in [2.24, 2.45) is 11.1 Å². The molecule has 2 rings (SSSR count). The molecule has 1 aliphatic rings. The minimum absolute atomic E-state index is 0.00533. The monoisotopic (exact) mass is 357 g/mol. The van der Waals surface area contributed by atoms with Crippen LogP contribution in [0, 0.1) is 5.41 Å². The van der Waals surface area contributed by atoms with E-state index in [1.807, 2.05) is 13.0 Å². The number of methoxy groups -OCH3 is 1. The molecule has 2 N–H and O–H groups in total. The van der Waals surface area contributed by atoms with Gasteiger partial charge in [-0.1, -0.05) is 15.9 Å². The van der Waals surface area contributed by atoms with Gasteiger partial charge in [0.15, 0.2) is 0 Å². The van der Waals surface area contributed by atoms with Crippen molar-refractivity contribution in [3.63, 3.8) is 0 Å². The van der Waals surface area contributed by atoms with Gasteiger partial charge in [-0.15, -0.1) is 11.8 Å². The van der Waals surface area contributed by atoms with E-state index in [9.17, 15) is 4.79 Å². The maximum absolute atomic E-state index is 11.4. The number of esters is 1. The predicted octanol–water partition coefficient (Wildman–Crippen LogP) is 3.90. The number of ether oxygens (including phenoxy) is 1. The third-order valence-electron chi connectivity index (χ3n) is 3.70. The molecule has 0 aromatic heterocycles. The standard InChI is InChI=1S/C15H20BrNO2S/c1-10(17)12-7-11(16)3-4-13(12)20-9-15(5-6-15)8-14(18)19-2/h3-4,7,10H,5-6,8-9,17H2,1-2H3. The van der Waals surface area contributed by atoms with Crippen LogP contribution in [0.15, 0.2) is 27.6 Å². The van der Waals surface area contributed by atoms with E-state index >= 15 is 0 Å². The number of hydrogen-bond acceptors (Lipinski definition) is 4.